The molecule has 0 aliphatic heterocycles. The van der Waals surface area contributed by atoms with E-state index in [4.69, 9.17) is 11.6 Å². The summed E-state index contributed by atoms with van der Waals surface area (Å²) in [4.78, 5) is 12.2. The van der Waals surface area contributed by atoms with Crippen LogP contribution < -0.4 is 5.32 Å². The number of carbonyl (C=O) groups is 1. The molecule has 0 spiro atoms. The van der Waals surface area contributed by atoms with E-state index >= 15 is 0 Å². The number of carbonyl (C=O) groups excluding carboxylic acids is 1. The second kappa shape index (κ2) is 8.38. The fraction of sp³-hybridized carbons (Fsp3) is 0.211. The van der Waals surface area contributed by atoms with Crippen LogP contribution >= 0.6 is 23.4 Å². The lowest BCUT2D eigenvalue weighted by atomic mass is 10.1. The van der Waals surface area contributed by atoms with E-state index in [-0.39, 0.29) is 11.7 Å². The van der Waals surface area contributed by atoms with Crippen LogP contribution in [0, 0.1) is 6.92 Å². The molecule has 7 heteroatoms. The topological polar surface area (TPSA) is 59.8 Å². The average Bonchev–Trinajstić information content (AvgIpc) is 3.05. The normalized spacial score (nSPS) is 10.7. The number of rotatable bonds is 6. The lowest BCUT2D eigenvalue weighted by molar-refractivity contribution is -0.113. The van der Waals surface area contributed by atoms with E-state index in [1.165, 1.54) is 17.3 Å². The number of amides is 1. The highest BCUT2D eigenvalue weighted by Crippen LogP contribution is 2.24. The molecule has 0 unspecified atom stereocenters. The Kier molecular flexibility index (Phi) is 5.96. The molecule has 0 radical (unpaired) electrons. The van der Waals surface area contributed by atoms with Gasteiger partial charge in [0, 0.05) is 22.8 Å². The molecule has 1 heterocycles. The molecule has 1 amide bonds. The molecule has 3 aromatic rings. The molecular formula is C19H19ClN4OS. The minimum Gasteiger partial charge on any atom is -0.325 e. The number of aromatic nitrogens is 3. The molecule has 0 aliphatic rings. The Morgan fingerprint density at radius 2 is 1.81 bits per heavy atom. The van der Waals surface area contributed by atoms with E-state index in [9.17, 15) is 4.79 Å². The third-order valence-electron chi connectivity index (χ3n) is 3.80. The van der Waals surface area contributed by atoms with E-state index in [0.717, 1.165) is 28.8 Å². The molecule has 0 fully saturated rings. The highest BCUT2D eigenvalue weighted by atomic mass is 35.5. The van der Waals surface area contributed by atoms with Crippen molar-refractivity contribution in [1.29, 1.82) is 0 Å². The van der Waals surface area contributed by atoms with Gasteiger partial charge in [0.2, 0.25) is 5.91 Å². The number of hydrogen-bond donors (Lipinski definition) is 1. The Labute approximate surface area is 161 Å². The summed E-state index contributed by atoms with van der Waals surface area (Å²) in [5.41, 5.74) is 2.93. The second-order valence-electron chi connectivity index (χ2n) is 5.76. The van der Waals surface area contributed by atoms with E-state index < -0.39 is 0 Å². The average molecular weight is 387 g/mol. The van der Waals surface area contributed by atoms with Crippen LogP contribution in [0.4, 0.5) is 5.69 Å². The van der Waals surface area contributed by atoms with Gasteiger partial charge in [0.05, 0.1) is 5.75 Å². The molecule has 0 bridgehead atoms. The van der Waals surface area contributed by atoms with Gasteiger partial charge in [0.25, 0.3) is 0 Å². The van der Waals surface area contributed by atoms with Crippen molar-refractivity contribution in [2.75, 3.05) is 11.1 Å². The Bertz CT molecular complexity index is 891. The number of anilines is 1. The number of thioether (sulfide) groups is 1. The molecule has 1 aromatic heterocycles. The molecule has 2 aromatic carbocycles. The zero-order valence-electron chi connectivity index (χ0n) is 14.6. The van der Waals surface area contributed by atoms with E-state index in [0.29, 0.717) is 5.02 Å². The minimum absolute atomic E-state index is 0.0974. The van der Waals surface area contributed by atoms with Crippen LogP contribution in [-0.2, 0) is 11.3 Å². The summed E-state index contributed by atoms with van der Waals surface area (Å²) in [5, 5.41) is 12.8. The lowest BCUT2D eigenvalue weighted by Crippen LogP contribution is -2.14. The summed E-state index contributed by atoms with van der Waals surface area (Å²) in [7, 11) is 0. The van der Waals surface area contributed by atoms with Crippen LogP contribution in [0.5, 0.6) is 0 Å². The number of benzene rings is 2. The minimum atomic E-state index is -0.0974. The van der Waals surface area contributed by atoms with Crippen molar-refractivity contribution in [2.24, 2.45) is 0 Å². The van der Waals surface area contributed by atoms with Crippen molar-refractivity contribution in [3.05, 3.63) is 59.1 Å². The van der Waals surface area contributed by atoms with Crippen molar-refractivity contribution in [2.45, 2.75) is 25.5 Å². The number of halogens is 1. The zero-order valence-corrected chi connectivity index (χ0v) is 16.1. The lowest BCUT2D eigenvalue weighted by Gasteiger charge is -2.08. The van der Waals surface area contributed by atoms with Crippen molar-refractivity contribution >= 4 is 35.0 Å². The van der Waals surface area contributed by atoms with Crippen LogP contribution in [0.2, 0.25) is 5.02 Å². The standard InChI is InChI=1S/C19H19ClN4OS/c1-3-24-18(14-6-4-13(2)5-7-14)22-23-19(24)26-12-17(25)21-16-10-8-15(20)9-11-16/h4-11H,3,12H2,1-2H3,(H,21,25). The van der Waals surface area contributed by atoms with Gasteiger partial charge in [0.1, 0.15) is 0 Å². The highest BCUT2D eigenvalue weighted by Gasteiger charge is 2.14. The molecule has 134 valence electrons. The van der Waals surface area contributed by atoms with E-state index in [1.807, 2.05) is 23.6 Å². The van der Waals surface area contributed by atoms with Gasteiger partial charge >= 0.3 is 0 Å². The predicted molar refractivity (Wildman–Crippen MR) is 107 cm³/mol. The smallest absolute Gasteiger partial charge is 0.234 e. The maximum atomic E-state index is 12.2. The summed E-state index contributed by atoms with van der Waals surface area (Å²) >= 11 is 7.22. The maximum absolute atomic E-state index is 12.2. The molecule has 0 atom stereocenters. The first-order valence-corrected chi connectivity index (χ1v) is 9.61. The number of nitrogens with one attached hydrogen (secondary N) is 1. The first-order valence-electron chi connectivity index (χ1n) is 8.25. The third kappa shape index (κ3) is 4.45. The molecule has 0 saturated carbocycles. The Hall–Kier alpha value is -2.31. The highest BCUT2D eigenvalue weighted by molar-refractivity contribution is 7.99. The van der Waals surface area contributed by atoms with Crippen LogP contribution in [0.15, 0.2) is 53.7 Å². The molecule has 3 rings (SSSR count). The van der Waals surface area contributed by atoms with Gasteiger partial charge in [-0.15, -0.1) is 10.2 Å². The summed E-state index contributed by atoms with van der Waals surface area (Å²) in [5.74, 6) is 0.974. The monoisotopic (exact) mass is 386 g/mol. The molecule has 5 nitrogen and oxygen atoms in total. The Balaban J connectivity index is 1.67. The SMILES string of the molecule is CCn1c(SCC(=O)Nc2ccc(Cl)cc2)nnc1-c1ccc(C)cc1. The first-order chi connectivity index (χ1) is 12.6. The summed E-state index contributed by atoms with van der Waals surface area (Å²) in [6.45, 7) is 4.82. The number of hydrogen-bond acceptors (Lipinski definition) is 4. The first kappa shape index (κ1) is 18.5. The Morgan fingerprint density at radius 3 is 2.46 bits per heavy atom. The van der Waals surface area contributed by atoms with Gasteiger partial charge in [-0.1, -0.05) is 53.2 Å². The van der Waals surface area contributed by atoms with Crippen molar-refractivity contribution in [3.63, 3.8) is 0 Å². The number of nitrogens with zero attached hydrogens (tertiary/aromatic N) is 3. The largest absolute Gasteiger partial charge is 0.325 e. The predicted octanol–water partition coefficient (Wildman–Crippen LogP) is 4.66. The summed E-state index contributed by atoms with van der Waals surface area (Å²) in [6.07, 6.45) is 0. The van der Waals surface area contributed by atoms with E-state index in [2.05, 4.69) is 34.6 Å². The van der Waals surface area contributed by atoms with Gasteiger partial charge in [-0.3, -0.25) is 4.79 Å². The van der Waals surface area contributed by atoms with E-state index in [1.54, 1.807) is 24.3 Å². The molecule has 26 heavy (non-hydrogen) atoms. The summed E-state index contributed by atoms with van der Waals surface area (Å²) < 4.78 is 2.02. The third-order valence-corrected chi connectivity index (χ3v) is 5.02. The van der Waals surface area contributed by atoms with Crippen LogP contribution in [0.1, 0.15) is 12.5 Å². The zero-order chi connectivity index (χ0) is 18.5. The van der Waals surface area contributed by atoms with Gasteiger partial charge < -0.3 is 9.88 Å². The summed E-state index contributed by atoms with van der Waals surface area (Å²) in [6, 6.07) is 15.2. The second-order valence-corrected chi connectivity index (χ2v) is 7.14. The fourth-order valence-corrected chi connectivity index (χ4v) is 3.39. The maximum Gasteiger partial charge on any atom is 0.234 e. The van der Waals surface area contributed by atoms with Crippen LogP contribution in [0.25, 0.3) is 11.4 Å². The van der Waals surface area contributed by atoms with Crippen molar-refractivity contribution < 1.29 is 4.79 Å². The molecule has 0 saturated heterocycles. The number of aryl methyl sites for hydroxylation is 1. The van der Waals surface area contributed by atoms with Crippen LogP contribution in [-0.4, -0.2) is 26.4 Å². The quantitative estimate of drug-likeness (QED) is 0.626. The molecule has 1 N–H and O–H groups in total. The van der Waals surface area contributed by atoms with Gasteiger partial charge in [0.15, 0.2) is 11.0 Å². The van der Waals surface area contributed by atoms with Gasteiger partial charge in [-0.05, 0) is 38.1 Å². The Morgan fingerprint density at radius 1 is 1.12 bits per heavy atom. The van der Waals surface area contributed by atoms with Gasteiger partial charge in [-0.25, -0.2) is 0 Å². The van der Waals surface area contributed by atoms with Crippen molar-refractivity contribution in [3.8, 4) is 11.4 Å². The molecular weight excluding hydrogens is 368 g/mol. The fourth-order valence-electron chi connectivity index (χ4n) is 2.46. The van der Waals surface area contributed by atoms with Crippen LogP contribution in [0.3, 0.4) is 0 Å². The van der Waals surface area contributed by atoms with Crippen molar-refractivity contribution in [1.82, 2.24) is 14.8 Å². The van der Waals surface area contributed by atoms with Gasteiger partial charge in [-0.2, -0.15) is 0 Å². The molecule has 0 aliphatic carbocycles.